The fourth-order valence-corrected chi connectivity index (χ4v) is 5.47. The highest BCUT2D eigenvalue weighted by Gasteiger charge is 2.29. The molecule has 0 saturated carbocycles. The minimum Gasteiger partial charge on any atom is -0.367 e. The van der Waals surface area contributed by atoms with E-state index in [0.29, 0.717) is 21.7 Å². The Kier molecular flexibility index (Phi) is 5.87. The molecular formula is C23H22F3N7S. The Hall–Kier alpha value is -3.23. The largest absolute Gasteiger partial charge is 0.393 e. The van der Waals surface area contributed by atoms with Crippen molar-refractivity contribution in [2.75, 3.05) is 18.4 Å². The van der Waals surface area contributed by atoms with E-state index in [4.69, 9.17) is 5.26 Å². The molecule has 1 fully saturated rings. The number of aromatic nitrogens is 4. The van der Waals surface area contributed by atoms with Crippen LogP contribution in [0.2, 0.25) is 0 Å². The van der Waals surface area contributed by atoms with Gasteiger partial charge in [0, 0.05) is 35.9 Å². The molecule has 34 heavy (non-hydrogen) atoms. The van der Waals surface area contributed by atoms with E-state index in [1.54, 1.807) is 12.3 Å². The minimum absolute atomic E-state index is 0.180. The number of fused-ring (bicyclic) bond motifs is 2. The van der Waals surface area contributed by atoms with Crippen molar-refractivity contribution in [1.82, 2.24) is 24.8 Å². The molecule has 5 rings (SSSR count). The molecule has 11 heteroatoms. The Morgan fingerprint density at radius 2 is 2.00 bits per heavy atom. The van der Waals surface area contributed by atoms with E-state index < -0.39 is 12.6 Å². The first kappa shape index (κ1) is 22.6. The number of piperidine rings is 1. The molecule has 0 aliphatic carbocycles. The fraction of sp³-hybridized carbons (Fsp3) is 0.391. The molecule has 0 amide bonds. The van der Waals surface area contributed by atoms with Crippen LogP contribution in [0.5, 0.6) is 0 Å². The van der Waals surface area contributed by atoms with E-state index >= 15 is 0 Å². The number of aryl methyl sites for hydroxylation is 1. The highest BCUT2D eigenvalue weighted by molar-refractivity contribution is 7.18. The van der Waals surface area contributed by atoms with E-state index in [-0.39, 0.29) is 10.9 Å². The van der Waals surface area contributed by atoms with Crippen LogP contribution in [0, 0.1) is 18.3 Å². The van der Waals surface area contributed by atoms with Crippen molar-refractivity contribution in [2.45, 2.75) is 44.9 Å². The SMILES string of the molecule is Cc1c(CN2CCC(Nc3ncnc4sc(CC(F)(F)F)cc34)CC2)ncc2[nH]c(C#N)cc12. The Morgan fingerprint density at radius 3 is 2.74 bits per heavy atom. The van der Waals surface area contributed by atoms with Crippen LogP contribution in [0.3, 0.4) is 0 Å². The third kappa shape index (κ3) is 4.69. The normalized spacial score (nSPS) is 15.7. The molecule has 0 spiro atoms. The molecule has 176 valence electrons. The Morgan fingerprint density at radius 1 is 1.21 bits per heavy atom. The van der Waals surface area contributed by atoms with Crippen molar-refractivity contribution in [3.63, 3.8) is 0 Å². The maximum atomic E-state index is 12.8. The Balaban J connectivity index is 1.23. The topological polar surface area (TPSA) is 93.5 Å². The molecule has 0 bridgehead atoms. The van der Waals surface area contributed by atoms with Gasteiger partial charge in [-0.15, -0.1) is 11.3 Å². The molecule has 1 saturated heterocycles. The standard InChI is InChI=1S/C23H22F3N7S/c1-13-17-6-15(9-27)31-19(17)10-28-20(13)11-33-4-2-14(3-5-33)32-21-18-7-16(8-23(24,25)26)34-22(18)30-12-29-21/h6-7,10,12,14,31H,2-5,8,11H2,1H3,(H,29,30,32). The van der Waals surface area contributed by atoms with Gasteiger partial charge in [0.2, 0.25) is 0 Å². The lowest BCUT2D eigenvalue weighted by Gasteiger charge is -2.32. The number of likely N-dealkylation sites (tertiary alicyclic amines) is 1. The van der Waals surface area contributed by atoms with Gasteiger partial charge in [0.25, 0.3) is 0 Å². The zero-order chi connectivity index (χ0) is 23.9. The fourth-order valence-electron chi connectivity index (χ4n) is 4.44. The van der Waals surface area contributed by atoms with Gasteiger partial charge < -0.3 is 10.3 Å². The average molecular weight is 486 g/mol. The summed E-state index contributed by atoms with van der Waals surface area (Å²) >= 11 is 1.06. The molecule has 4 aromatic rings. The summed E-state index contributed by atoms with van der Waals surface area (Å²) in [6.45, 7) is 4.49. The molecule has 7 nitrogen and oxygen atoms in total. The number of hydrogen-bond acceptors (Lipinski definition) is 7. The average Bonchev–Trinajstić information content (AvgIpc) is 3.40. The summed E-state index contributed by atoms with van der Waals surface area (Å²) in [7, 11) is 0. The van der Waals surface area contributed by atoms with Crippen LogP contribution < -0.4 is 5.32 Å². The quantitative estimate of drug-likeness (QED) is 0.416. The maximum Gasteiger partial charge on any atom is 0.393 e. The second kappa shape index (κ2) is 8.85. The van der Waals surface area contributed by atoms with Gasteiger partial charge in [-0.25, -0.2) is 9.97 Å². The highest BCUT2D eigenvalue weighted by Crippen LogP contribution is 2.33. The monoisotopic (exact) mass is 485 g/mol. The smallest absolute Gasteiger partial charge is 0.367 e. The van der Waals surface area contributed by atoms with Crippen molar-refractivity contribution in [3.8, 4) is 6.07 Å². The van der Waals surface area contributed by atoms with Crippen molar-refractivity contribution >= 4 is 38.3 Å². The van der Waals surface area contributed by atoms with Crippen LogP contribution in [0.25, 0.3) is 21.1 Å². The number of rotatable bonds is 5. The third-order valence-electron chi connectivity index (χ3n) is 6.21. The first-order valence-electron chi connectivity index (χ1n) is 11.0. The summed E-state index contributed by atoms with van der Waals surface area (Å²) in [5.74, 6) is 0.594. The van der Waals surface area contributed by atoms with Gasteiger partial charge in [0.15, 0.2) is 0 Å². The Bertz CT molecular complexity index is 1380. The lowest BCUT2D eigenvalue weighted by atomic mass is 10.0. The summed E-state index contributed by atoms with van der Waals surface area (Å²) in [5, 5.41) is 14.2. The highest BCUT2D eigenvalue weighted by atomic mass is 32.1. The van der Waals surface area contributed by atoms with Crippen molar-refractivity contribution < 1.29 is 13.2 Å². The summed E-state index contributed by atoms with van der Waals surface area (Å²) in [6, 6.07) is 5.72. The summed E-state index contributed by atoms with van der Waals surface area (Å²) < 4.78 is 38.4. The van der Waals surface area contributed by atoms with Crippen molar-refractivity contribution in [3.05, 3.63) is 46.5 Å². The predicted molar refractivity (Wildman–Crippen MR) is 125 cm³/mol. The van der Waals surface area contributed by atoms with Crippen LogP contribution in [0.1, 0.15) is 34.7 Å². The van der Waals surface area contributed by atoms with E-state index in [0.717, 1.165) is 66.0 Å². The molecule has 0 unspecified atom stereocenters. The van der Waals surface area contributed by atoms with E-state index in [1.807, 2.05) is 13.0 Å². The number of pyridine rings is 1. The molecule has 2 N–H and O–H groups in total. The van der Waals surface area contributed by atoms with E-state index in [1.165, 1.54) is 6.33 Å². The van der Waals surface area contributed by atoms with Crippen molar-refractivity contribution in [1.29, 1.82) is 5.26 Å². The Labute approximate surface area is 197 Å². The molecule has 0 aromatic carbocycles. The van der Waals surface area contributed by atoms with Crippen molar-refractivity contribution in [2.24, 2.45) is 0 Å². The second-order valence-electron chi connectivity index (χ2n) is 8.59. The molecule has 5 heterocycles. The predicted octanol–water partition coefficient (Wildman–Crippen LogP) is 4.93. The van der Waals surface area contributed by atoms with Crippen LogP contribution in [0.4, 0.5) is 19.0 Å². The number of nitrogens with zero attached hydrogens (tertiary/aromatic N) is 5. The number of nitriles is 1. The number of nitrogens with one attached hydrogen (secondary N) is 2. The van der Waals surface area contributed by atoms with E-state index in [9.17, 15) is 13.2 Å². The number of hydrogen-bond donors (Lipinski definition) is 2. The van der Waals surface area contributed by atoms with Gasteiger partial charge in [0.1, 0.15) is 28.7 Å². The zero-order valence-corrected chi connectivity index (χ0v) is 19.2. The van der Waals surface area contributed by atoms with E-state index in [2.05, 4.69) is 36.2 Å². The lowest BCUT2D eigenvalue weighted by molar-refractivity contribution is -0.126. The number of H-pyrrole nitrogens is 1. The number of alkyl halides is 3. The first-order valence-corrected chi connectivity index (χ1v) is 11.8. The lowest BCUT2D eigenvalue weighted by Crippen LogP contribution is -2.39. The van der Waals surface area contributed by atoms with Crippen LogP contribution in [-0.2, 0) is 13.0 Å². The van der Waals surface area contributed by atoms with Gasteiger partial charge in [-0.05, 0) is 37.5 Å². The maximum absolute atomic E-state index is 12.8. The van der Waals surface area contributed by atoms with Gasteiger partial charge in [-0.1, -0.05) is 0 Å². The second-order valence-corrected chi connectivity index (χ2v) is 9.71. The van der Waals surface area contributed by atoms with Crippen LogP contribution in [0.15, 0.2) is 24.7 Å². The van der Waals surface area contributed by atoms with Gasteiger partial charge in [0.05, 0.1) is 29.2 Å². The van der Waals surface area contributed by atoms with Gasteiger partial charge >= 0.3 is 6.18 Å². The molecule has 1 aliphatic rings. The molecule has 0 atom stereocenters. The number of aromatic amines is 1. The molecule has 4 aromatic heterocycles. The third-order valence-corrected chi connectivity index (χ3v) is 7.25. The summed E-state index contributed by atoms with van der Waals surface area (Å²) in [5.41, 5.74) is 3.46. The summed E-state index contributed by atoms with van der Waals surface area (Å²) in [6.07, 6.45) is -0.251. The number of thiophene rings is 1. The molecular weight excluding hydrogens is 463 g/mol. The number of halogens is 3. The van der Waals surface area contributed by atoms with Crippen LogP contribution >= 0.6 is 11.3 Å². The number of anilines is 1. The van der Waals surface area contributed by atoms with Gasteiger partial charge in [-0.3, -0.25) is 9.88 Å². The minimum atomic E-state index is -4.24. The summed E-state index contributed by atoms with van der Waals surface area (Å²) in [4.78, 5) is 19.3. The molecule has 1 aliphatic heterocycles. The van der Waals surface area contributed by atoms with Crippen LogP contribution in [-0.4, -0.2) is 50.1 Å². The zero-order valence-electron chi connectivity index (χ0n) is 18.4. The molecule has 0 radical (unpaired) electrons. The first-order chi connectivity index (χ1) is 16.3. The van der Waals surface area contributed by atoms with Gasteiger partial charge in [-0.2, -0.15) is 18.4 Å².